The van der Waals surface area contributed by atoms with Crippen LogP contribution in [0, 0.1) is 0 Å². The van der Waals surface area contributed by atoms with Crippen LogP contribution in [-0.2, 0) is 4.74 Å². The Labute approximate surface area is 122 Å². The van der Waals surface area contributed by atoms with Gasteiger partial charge in [0.25, 0.3) is 0 Å². The van der Waals surface area contributed by atoms with Crippen molar-refractivity contribution in [2.75, 3.05) is 6.54 Å². The van der Waals surface area contributed by atoms with Gasteiger partial charge in [-0.1, -0.05) is 0 Å². The third kappa shape index (κ3) is 2.32. The first-order chi connectivity index (χ1) is 9.58. The molecule has 3 N–H and O–H groups in total. The fraction of sp³-hybridized carbons (Fsp3) is 0.667. The summed E-state index contributed by atoms with van der Waals surface area (Å²) in [5.74, 6) is 0.567. The summed E-state index contributed by atoms with van der Waals surface area (Å²) in [6.07, 6.45) is 1.95. The number of hydrogen-bond acceptors (Lipinski definition) is 7. The van der Waals surface area contributed by atoms with Crippen molar-refractivity contribution >= 4 is 24.8 Å². The van der Waals surface area contributed by atoms with E-state index in [1.807, 2.05) is 0 Å². The maximum Gasteiger partial charge on any atom is 0.162 e. The number of β-amino-alcohol motifs (C(OH)–C–C–N with tert-alkyl or cyclic N) is 1. The number of aliphatic hydroxyl groups is 2. The standard InChI is InChI=1S/C12H18N4O3S/c1-6(17)8-2-9(20)12(19-8)16-5-15-10-7(18)3-13-4-14-11(10)16/h4-9,12,17-18,20H,2-3H2,1H3,(H,13,14)/t6?,7-,8+,9-,12-/m1/s1. The minimum atomic E-state index is -0.707. The molecule has 0 amide bonds. The van der Waals surface area contributed by atoms with Crippen LogP contribution in [0.1, 0.15) is 31.4 Å². The first-order valence-corrected chi connectivity index (χ1v) is 7.12. The van der Waals surface area contributed by atoms with Gasteiger partial charge >= 0.3 is 0 Å². The second-order valence-corrected chi connectivity index (χ2v) is 5.81. The van der Waals surface area contributed by atoms with Gasteiger partial charge in [-0.05, 0) is 13.3 Å². The predicted molar refractivity (Wildman–Crippen MR) is 76.3 cm³/mol. The van der Waals surface area contributed by atoms with Crippen LogP contribution in [0.2, 0.25) is 0 Å². The van der Waals surface area contributed by atoms with Gasteiger partial charge in [-0.15, -0.1) is 0 Å². The van der Waals surface area contributed by atoms with Crippen molar-refractivity contribution in [2.45, 2.75) is 43.1 Å². The molecule has 110 valence electrons. The van der Waals surface area contributed by atoms with Crippen LogP contribution in [0.15, 0.2) is 11.3 Å². The number of nitrogens with one attached hydrogen (secondary N) is 1. The number of rotatable bonds is 2. The average molecular weight is 298 g/mol. The zero-order chi connectivity index (χ0) is 14.3. The lowest BCUT2D eigenvalue weighted by atomic mass is 10.1. The number of imidazole rings is 1. The molecule has 8 heteroatoms. The predicted octanol–water partition coefficient (Wildman–Crippen LogP) is 0.146. The molecule has 20 heavy (non-hydrogen) atoms. The van der Waals surface area contributed by atoms with Crippen LogP contribution < -0.4 is 5.32 Å². The zero-order valence-electron chi connectivity index (χ0n) is 11.0. The summed E-state index contributed by atoms with van der Waals surface area (Å²) in [6, 6.07) is 0. The molecule has 1 fully saturated rings. The lowest BCUT2D eigenvalue weighted by Gasteiger charge is -2.19. The van der Waals surface area contributed by atoms with E-state index in [1.165, 1.54) is 0 Å². The van der Waals surface area contributed by atoms with E-state index in [9.17, 15) is 10.2 Å². The summed E-state index contributed by atoms with van der Waals surface area (Å²) in [5, 5.41) is 22.5. The molecule has 0 aliphatic carbocycles. The van der Waals surface area contributed by atoms with Crippen LogP contribution in [0.4, 0.5) is 5.82 Å². The Balaban J connectivity index is 1.92. The van der Waals surface area contributed by atoms with Crippen molar-refractivity contribution in [3.05, 3.63) is 12.0 Å². The molecule has 0 bridgehead atoms. The number of ether oxygens (including phenoxy) is 1. The van der Waals surface area contributed by atoms with Gasteiger partial charge in [-0.3, -0.25) is 4.57 Å². The number of fused-ring (bicyclic) bond motifs is 1. The molecular formula is C12H18N4O3S. The summed E-state index contributed by atoms with van der Waals surface area (Å²) in [6.45, 7) is 2.08. The van der Waals surface area contributed by atoms with E-state index in [0.29, 0.717) is 24.5 Å². The molecule has 1 aromatic rings. The number of aliphatic imine (C=N–C) groups is 1. The molecular weight excluding hydrogens is 280 g/mol. The maximum atomic E-state index is 9.99. The second-order valence-electron chi connectivity index (χ2n) is 5.15. The van der Waals surface area contributed by atoms with Gasteiger partial charge in [0.15, 0.2) is 5.82 Å². The Morgan fingerprint density at radius 2 is 2.40 bits per heavy atom. The van der Waals surface area contributed by atoms with E-state index >= 15 is 0 Å². The lowest BCUT2D eigenvalue weighted by molar-refractivity contribution is -0.0514. The zero-order valence-corrected chi connectivity index (χ0v) is 11.9. The molecule has 1 unspecified atom stereocenters. The quantitative estimate of drug-likeness (QED) is 0.583. The van der Waals surface area contributed by atoms with Gasteiger partial charge in [-0.2, -0.15) is 12.6 Å². The molecule has 3 heterocycles. The van der Waals surface area contributed by atoms with E-state index in [4.69, 9.17) is 4.74 Å². The second kappa shape index (κ2) is 5.36. The van der Waals surface area contributed by atoms with Gasteiger partial charge in [0.05, 0.1) is 24.9 Å². The summed E-state index contributed by atoms with van der Waals surface area (Å²) in [4.78, 5) is 8.50. The Bertz CT molecular complexity index is 519. The third-order valence-corrected chi connectivity index (χ3v) is 4.10. The highest BCUT2D eigenvalue weighted by Gasteiger charge is 2.38. The molecule has 2 aliphatic rings. The van der Waals surface area contributed by atoms with Crippen molar-refractivity contribution in [1.29, 1.82) is 0 Å². The number of nitrogens with zero attached hydrogens (tertiary/aromatic N) is 3. The molecule has 1 aromatic heterocycles. The minimum Gasteiger partial charge on any atom is -0.391 e. The molecule has 2 aliphatic heterocycles. The largest absolute Gasteiger partial charge is 0.391 e. The molecule has 0 saturated carbocycles. The topological polar surface area (TPSA) is 91.9 Å². The van der Waals surface area contributed by atoms with Crippen molar-refractivity contribution in [3.8, 4) is 0 Å². The highest BCUT2D eigenvalue weighted by Crippen LogP contribution is 2.38. The molecule has 1 saturated heterocycles. The third-order valence-electron chi connectivity index (χ3n) is 3.63. The number of hydrogen-bond donors (Lipinski definition) is 4. The normalized spacial score (nSPS) is 34.4. The smallest absolute Gasteiger partial charge is 0.162 e. The Morgan fingerprint density at radius 1 is 1.60 bits per heavy atom. The monoisotopic (exact) mass is 298 g/mol. The van der Waals surface area contributed by atoms with Crippen LogP contribution in [0.5, 0.6) is 0 Å². The molecule has 0 radical (unpaired) electrons. The van der Waals surface area contributed by atoms with Crippen LogP contribution >= 0.6 is 12.6 Å². The van der Waals surface area contributed by atoms with Crippen molar-refractivity contribution in [3.63, 3.8) is 0 Å². The summed E-state index contributed by atoms with van der Waals surface area (Å²) >= 11 is 4.53. The van der Waals surface area contributed by atoms with E-state index in [1.54, 1.807) is 24.2 Å². The van der Waals surface area contributed by atoms with E-state index in [-0.39, 0.29) is 17.6 Å². The fourth-order valence-electron chi connectivity index (χ4n) is 2.53. The Morgan fingerprint density at radius 3 is 3.10 bits per heavy atom. The summed E-state index contributed by atoms with van der Waals surface area (Å²) < 4.78 is 7.61. The molecule has 3 rings (SSSR count). The highest BCUT2D eigenvalue weighted by molar-refractivity contribution is 7.81. The van der Waals surface area contributed by atoms with Gasteiger partial charge in [0.1, 0.15) is 18.0 Å². The Kier molecular flexibility index (Phi) is 3.72. The fourth-order valence-corrected chi connectivity index (χ4v) is 2.95. The van der Waals surface area contributed by atoms with Crippen molar-refractivity contribution in [2.24, 2.45) is 4.99 Å². The van der Waals surface area contributed by atoms with Crippen LogP contribution in [0.25, 0.3) is 0 Å². The first kappa shape index (κ1) is 13.9. The summed E-state index contributed by atoms with van der Waals surface area (Å²) in [5.41, 5.74) is 0.524. The van der Waals surface area contributed by atoms with E-state index in [2.05, 4.69) is 27.9 Å². The molecule has 7 nitrogen and oxygen atoms in total. The summed E-state index contributed by atoms with van der Waals surface area (Å²) in [7, 11) is 0. The average Bonchev–Trinajstić information content (AvgIpc) is 2.93. The van der Waals surface area contributed by atoms with Gasteiger partial charge in [0, 0.05) is 11.8 Å². The maximum absolute atomic E-state index is 9.99. The lowest BCUT2D eigenvalue weighted by Crippen LogP contribution is -2.22. The molecule has 0 aromatic carbocycles. The number of thiol groups is 1. The Hall–Kier alpha value is -1.09. The number of aliphatic hydroxyl groups excluding tert-OH is 2. The van der Waals surface area contributed by atoms with Gasteiger partial charge in [-0.25, -0.2) is 9.98 Å². The SMILES string of the molecule is CC(O)[C@@H]1C[C@@H](S)[C@H](n2cnc3c2N=CNC[C@H]3O)O1. The van der Waals surface area contributed by atoms with Gasteiger partial charge < -0.3 is 20.3 Å². The van der Waals surface area contributed by atoms with Crippen LogP contribution in [0.3, 0.4) is 0 Å². The van der Waals surface area contributed by atoms with E-state index in [0.717, 1.165) is 0 Å². The van der Waals surface area contributed by atoms with Gasteiger partial charge in [0.2, 0.25) is 0 Å². The van der Waals surface area contributed by atoms with Crippen molar-refractivity contribution < 1.29 is 14.9 Å². The first-order valence-electron chi connectivity index (χ1n) is 6.60. The minimum absolute atomic E-state index is 0.0588. The molecule has 0 spiro atoms. The number of aromatic nitrogens is 2. The van der Waals surface area contributed by atoms with E-state index < -0.39 is 12.2 Å². The van der Waals surface area contributed by atoms with Crippen LogP contribution in [-0.4, -0.2) is 50.1 Å². The van der Waals surface area contributed by atoms with Crippen molar-refractivity contribution in [1.82, 2.24) is 14.9 Å². The highest BCUT2D eigenvalue weighted by atomic mass is 32.1. The molecule has 5 atom stereocenters.